The summed E-state index contributed by atoms with van der Waals surface area (Å²) in [5.74, 6) is 2.26. The minimum Gasteiger partial charge on any atom is -0.355 e. The van der Waals surface area contributed by atoms with Crippen molar-refractivity contribution in [3.8, 4) is 12.3 Å². The van der Waals surface area contributed by atoms with Crippen LogP contribution in [0.3, 0.4) is 0 Å². The largest absolute Gasteiger partial charge is 0.355 e. The summed E-state index contributed by atoms with van der Waals surface area (Å²) in [5, 5.41) is 5.41. The van der Waals surface area contributed by atoms with Crippen LogP contribution in [-0.4, -0.2) is 43.9 Å². The molecule has 2 N–H and O–H groups in total. The highest BCUT2D eigenvalue weighted by molar-refractivity contribution is 5.93. The molecule has 0 aliphatic carbocycles. The predicted octanol–water partition coefficient (Wildman–Crippen LogP) is 0.227. The summed E-state index contributed by atoms with van der Waals surface area (Å²) in [6, 6.07) is 7.15. The van der Waals surface area contributed by atoms with E-state index in [1.807, 2.05) is 12.1 Å². The number of hydrogen-bond acceptors (Lipinski definition) is 3. The fourth-order valence-electron chi connectivity index (χ4n) is 1.64. The third-order valence-electron chi connectivity index (χ3n) is 2.79. The molecule has 5 heteroatoms. The number of amides is 2. The van der Waals surface area contributed by atoms with Crippen molar-refractivity contribution in [1.82, 2.24) is 15.5 Å². The number of benzene rings is 1. The summed E-state index contributed by atoms with van der Waals surface area (Å²) >= 11 is 0. The van der Waals surface area contributed by atoms with Gasteiger partial charge in [0.2, 0.25) is 5.91 Å². The summed E-state index contributed by atoms with van der Waals surface area (Å²) < 4.78 is 0. The minimum absolute atomic E-state index is 0.0318. The highest BCUT2D eigenvalue weighted by Crippen LogP contribution is 2.07. The van der Waals surface area contributed by atoms with Gasteiger partial charge >= 0.3 is 0 Å². The van der Waals surface area contributed by atoms with E-state index in [9.17, 15) is 9.59 Å². The average Bonchev–Trinajstić information content (AvgIpc) is 2.47. The lowest BCUT2D eigenvalue weighted by molar-refractivity contribution is -0.129. The molecule has 5 nitrogen and oxygen atoms in total. The van der Waals surface area contributed by atoms with E-state index in [0.717, 1.165) is 5.56 Å². The Morgan fingerprint density at radius 3 is 2.50 bits per heavy atom. The zero-order valence-corrected chi connectivity index (χ0v) is 11.8. The van der Waals surface area contributed by atoms with E-state index in [1.165, 1.54) is 0 Å². The molecule has 2 amide bonds. The van der Waals surface area contributed by atoms with Crippen molar-refractivity contribution < 1.29 is 9.59 Å². The molecule has 0 saturated carbocycles. The second-order valence-corrected chi connectivity index (χ2v) is 4.33. The fraction of sp³-hybridized carbons (Fsp3) is 0.333. The zero-order valence-electron chi connectivity index (χ0n) is 11.8. The van der Waals surface area contributed by atoms with Gasteiger partial charge in [-0.3, -0.25) is 14.9 Å². The van der Waals surface area contributed by atoms with E-state index >= 15 is 0 Å². The van der Waals surface area contributed by atoms with Gasteiger partial charge in [-0.1, -0.05) is 18.1 Å². The van der Waals surface area contributed by atoms with Gasteiger partial charge in [-0.2, -0.15) is 0 Å². The number of hydrogen-bond donors (Lipinski definition) is 2. The third-order valence-corrected chi connectivity index (χ3v) is 2.79. The zero-order chi connectivity index (χ0) is 15.0. The van der Waals surface area contributed by atoms with Gasteiger partial charge in [0, 0.05) is 26.2 Å². The van der Waals surface area contributed by atoms with Crippen LogP contribution < -0.4 is 10.6 Å². The molecular formula is C15H19N3O2. The maximum absolute atomic E-state index is 11.8. The van der Waals surface area contributed by atoms with Gasteiger partial charge in [0.25, 0.3) is 5.91 Å². The Morgan fingerprint density at radius 2 is 1.95 bits per heavy atom. The molecule has 0 bridgehead atoms. The topological polar surface area (TPSA) is 61.4 Å². The predicted molar refractivity (Wildman–Crippen MR) is 78.0 cm³/mol. The highest BCUT2D eigenvalue weighted by Gasteiger charge is 2.09. The summed E-state index contributed by atoms with van der Waals surface area (Å²) in [5.41, 5.74) is 1.56. The monoisotopic (exact) mass is 273 g/mol. The SMILES string of the molecule is C#CCNCC(=O)N(C)Cc1ccc(C(=O)NC)cc1. The van der Waals surface area contributed by atoms with Crippen LogP contribution >= 0.6 is 0 Å². The number of likely N-dealkylation sites (N-methyl/N-ethyl adjacent to an activating group) is 1. The van der Waals surface area contributed by atoms with Gasteiger partial charge < -0.3 is 10.2 Å². The van der Waals surface area contributed by atoms with Gasteiger partial charge in [0.1, 0.15) is 0 Å². The first-order valence-electron chi connectivity index (χ1n) is 6.27. The van der Waals surface area contributed by atoms with Crippen LogP contribution in [-0.2, 0) is 11.3 Å². The molecular weight excluding hydrogens is 254 g/mol. The molecule has 106 valence electrons. The number of nitrogens with one attached hydrogen (secondary N) is 2. The van der Waals surface area contributed by atoms with Gasteiger partial charge in [0.15, 0.2) is 0 Å². The van der Waals surface area contributed by atoms with Gasteiger partial charge in [0.05, 0.1) is 13.1 Å². The van der Waals surface area contributed by atoms with Crippen molar-refractivity contribution in [1.29, 1.82) is 0 Å². The van der Waals surface area contributed by atoms with Crippen molar-refractivity contribution in [3.63, 3.8) is 0 Å². The van der Waals surface area contributed by atoms with Crippen molar-refractivity contribution in [3.05, 3.63) is 35.4 Å². The van der Waals surface area contributed by atoms with Crippen LogP contribution in [0, 0.1) is 12.3 Å². The molecule has 1 rings (SSSR count). The summed E-state index contributed by atoms with van der Waals surface area (Å²) in [7, 11) is 3.32. The molecule has 0 aliphatic rings. The Bertz CT molecular complexity index is 503. The van der Waals surface area contributed by atoms with Crippen LogP contribution in [0.1, 0.15) is 15.9 Å². The molecule has 0 fully saturated rings. The molecule has 20 heavy (non-hydrogen) atoms. The number of nitrogens with zero attached hydrogens (tertiary/aromatic N) is 1. The quantitative estimate of drug-likeness (QED) is 0.576. The third kappa shape index (κ3) is 4.75. The summed E-state index contributed by atoms with van der Waals surface area (Å²) in [6.07, 6.45) is 5.09. The molecule has 0 atom stereocenters. The number of terminal acetylenes is 1. The van der Waals surface area contributed by atoms with Crippen molar-refractivity contribution >= 4 is 11.8 Å². The number of carbonyl (C=O) groups excluding carboxylic acids is 2. The molecule has 0 aliphatic heterocycles. The van der Waals surface area contributed by atoms with Crippen molar-refractivity contribution in [2.75, 3.05) is 27.2 Å². The first kappa shape index (κ1) is 15.7. The fourth-order valence-corrected chi connectivity index (χ4v) is 1.64. The maximum atomic E-state index is 11.8. The molecule has 1 aromatic rings. The second kappa shape index (κ2) is 7.97. The Balaban J connectivity index is 2.53. The van der Waals surface area contributed by atoms with Crippen LogP contribution in [0.4, 0.5) is 0 Å². The minimum atomic E-state index is -0.125. The molecule has 1 aromatic carbocycles. The van der Waals surface area contributed by atoms with E-state index < -0.39 is 0 Å². The number of carbonyl (C=O) groups is 2. The average molecular weight is 273 g/mol. The van der Waals surface area contributed by atoms with Crippen LogP contribution in [0.5, 0.6) is 0 Å². The summed E-state index contributed by atoms with van der Waals surface area (Å²) in [6.45, 7) is 1.09. The van der Waals surface area contributed by atoms with E-state index in [1.54, 1.807) is 31.1 Å². The van der Waals surface area contributed by atoms with Gasteiger partial charge in [-0.05, 0) is 17.7 Å². The van der Waals surface area contributed by atoms with E-state index in [4.69, 9.17) is 6.42 Å². The summed E-state index contributed by atoms with van der Waals surface area (Å²) in [4.78, 5) is 24.8. The van der Waals surface area contributed by atoms with E-state index in [2.05, 4.69) is 16.6 Å². The first-order chi connectivity index (χ1) is 9.58. The molecule has 0 unspecified atom stereocenters. The highest BCUT2D eigenvalue weighted by atomic mass is 16.2. The maximum Gasteiger partial charge on any atom is 0.251 e. The Morgan fingerprint density at radius 1 is 1.30 bits per heavy atom. The first-order valence-corrected chi connectivity index (χ1v) is 6.27. The second-order valence-electron chi connectivity index (χ2n) is 4.33. The standard InChI is InChI=1S/C15H19N3O2/c1-4-9-17-10-14(19)18(3)11-12-5-7-13(8-6-12)15(20)16-2/h1,5-8,17H,9-11H2,2-3H3,(H,16,20). The molecule has 0 radical (unpaired) electrons. The van der Waals surface area contributed by atoms with Crippen LogP contribution in [0.25, 0.3) is 0 Å². The Kier molecular flexibility index (Phi) is 6.27. The molecule has 0 heterocycles. The van der Waals surface area contributed by atoms with E-state index in [0.29, 0.717) is 18.7 Å². The van der Waals surface area contributed by atoms with Gasteiger partial charge in [-0.25, -0.2) is 0 Å². The lowest BCUT2D eigenvalue weighted by Crippen LogP contribution is -2.35. The normalized spacial score (nSPS) is 9.65. The Labute approximate surface area is 119 Å². The number of rotatable bonds is 6. The van der Waals surface area contributed by atoms with Crippen LogP contribution in [0.15, 0.2) is 24.3 Å². The smallest absolute Gasteiger partial charge is 0.251 e. The van der Waals surface area contributed by atoms with Crippen LogP contribution in [0.2, 0.25) is 0 Å². The van der Waals surface area contributed by atoms with Gasteiger partial charge in [-0.15, -0.1) is 6.42 Å². The van der Waals surface area contributed by atoms with Crippen molar-refractivity contribution in [2.45, 2.75) is 6.54 Å². The Hall–Kier alpha value is -2.32. The molecule has 0 saturated heterocycles. The lowest BCUT2D eigenvalue weighted by Gasteiger charge is -2.17. The lowest BCUT2D eigenvalue weighted by atomic mass is 10.1. The van der Waals surface area contributed by atoms with E-state index in [-0.39, 0.29) is 18.4 Å². The molecule has 0 spiro atoms. The van der Waals surface area contributed by atoms with Crippen molar-refractivity contribution in [2.24, 2.45) is 0 Å². The molecule has 0 aromatic heterocycles.